The highest BCUT2D eigenvalue weighted by Crippen LogP contribution is 2.68. The number of anilines is 1. The Bertz CT molecular complexity index is 918. The SMILES string of the molecule is CCCC1=C2C(c3ccc(N(C)CCNC)cc3)CC34OC3CCC4C2CC/C1=C/C=O. The molecule has 2 saturated carbocycles. The number of carbonyl (C=O) groups is 1. The molecule has 3 aliphatic carbocycles. The molecular formula is C28H38N2O2. The summed E-state index contributed by atoms with van der Waals surface area (Å²) < 4.78 is 6.41. The summed E-state index contributed by atoms with van der Waals surface area (Å²) in [6, 6.07) is 9.28. The molecule has 32 heavy (non-hydrogen) atoms. The number of benzene rings is 1. The minimum atomic E-state index is 0.129. The first-order valence-electron chi connectivity index (χ1n) is 12.6. The maximum absolute atomic E-state index is 11.4. The van der Waals surface area contributed by atoms with Crippen LogP contribution in [-0.4, -0.2) is 45.2 Å². The highest BCUT2D eigenvalue weighted by molar-refractivity contribution is 5.69. The topological polar surface area (TPSA) is 44.9 Å². The lowest BCUT2D eigenvalue weighted by Crippen LogP contribution is -2.41. The van der Waals surface area contributed by atoms with Gasteiger partial charge in [-0.15, -0.1) is 0 Å². The summed E-state index contributed by atoms with van der Waals surface area (Å²) in [6.45, 7) is 4.23. The zero-order valence-corrected chi connectivity index (χ0v) is 19.9. The van der Waals surface area contributed by atoms with Crippen molar-refractivity contribution in [2.45, 2.75) is 69.5 Å². The first kappa shape index (κ1) is 21.9. The molecule has 3 fully saturated rings. The fourth-order valence-corrected chi connectivity index (χ4v) is 7.14. The molecule has 172 valence electrons. The third-order valence-corrected chi connectivity index (χ3v) is 8.66. The fraction of sp³-hybridized carbons (Fsp3) is 0.607. The number of hydrogen-bond acceptors (Lipinski definition) is 4. The van der Waals surface area contributed by atoms with Gasteiger partial charge < -0.3 is 15.0 Å². The zero-order valence-electron chi connectivity index (χ0n) is 19.9. The lowest BCUT2D eigenvalue weighted by molar-refractivity contribution is -0.104. The smallest absolute Gasteiger partial charge is 0.143 e. The summed E-state index contributed by atoms with van der Waals surface area (Å²) in [4.78, 5) is 13.7. The van der Waals surface area contributed by atoms with Gasteiger partial charge in [0.15, 0.2) is 0 Å². The van der Waals surface area contributed by atoms with E-state index in [1.54, 1.807) is 5.57 Å². The van der Waals surface area contributed by atoms with Crippen molar-refractivity contribution in [1.29, 1.82) is 0 Å². The van der Waals surface area contributed by atoms with Gasteiger partial charge in [0.25, 0.3) is 0 Å². The van der Waals surface area contributed by atoms with Crippen molar-refractivity contribution in [1.82, 2.24) is 5.32 Å². The van der Waals surface area contributed by atoms with Crippen molar-refractivity contribution in [3.63, 3.8) is 0 Å². The Balaban J connectivity index is 1.54. The second-order valence-corrected chi connectivity index (χ2v) is 10.3. The monoisotopic (exact) mass is 434 g/mol. The molecule has 5 atom stereocenters. The van der Waals surface area contributed by atoms with Crippen LogP contribution >= 0.6 is 0 Å². The number of fused-ring (bicyclic) bond motifs is 2. The molecule has 1 N–H and O–H groups in total. The quantitative estimate of drug-likeness (QED) is 0.355. The Morgan fingerprint density at radius 1 is 1.22 bits per heavy atom. The number of rotatable bonds is 8. The maximum atomic E-state index is 11.4. The van der Waals surface area contributed by atoms with Crippen LogP contribution < -0.4 is 10.2 Å². The van der Waals surface area contributed by atoms with Crippen molar-refractivity contribution in [2.24, 2.45) is 11.8 Å². The van der Waals surface area contributed by atoms with E-state index in [1.807, 2.05) is 13.1 Å². The van der Waals surface area contributed by atoms with E-state index in [2.05, 4.69) is 48.5 Å². The number of hydrogen-bond donors (Lipinski definition) is 1. The number of ether oxygens (including phenoxy) is 1. The van der Waals surface area contributed by atoms with Crippen LogP contribution in [0.15, 0.2) is 47.1 Å². The van der Waals surface area contributed by atoms with E-state index in [1.165, 1.54) is 41.7 Å². The third-order valence-electron chi connectivity index (χ3n) is 8.66. The van der Waals surface area contributed by atoms with Gasteiger partial charge in [0, 0.05) is 31.7 Å². The Kier molecular flexibility index (Phi) is 6.02. The van der Waals surface area contributed by atoms with Gasteiger partial charge in [-0.25, -0.2) is 0 Å². The van der Waals surface area contributed by atoms with Crippen LogP contribution in [0.2, 0.25) is 0 Å². The van der Waals surface area contributed by atoms with E-state index in [-0.39, 0.29) is 5.60 Å². The first-order valence-corrected chi connectivity index (χ1v) is 12.6. The number of carbonyl (C=O) groups excluding carboxylic acids is 1. The highest BCUT2D eigenvalue weighted by atomic mass is 16.6. The van der Waals surface area contributed by atoms with Gasteiger partial charge in [0.1, 0.15) is 6.29 Å². The molecule has 4 heteroatoms. The van der Waals surface area contributed by atoms with Gasteiger partial charge in [-0.1, -0.05) is 31.1 Å². The van der Waals surface area contributed by atoms with Gasteiger partial charge in [0.2, 0.25) is 0 Å². The van der Waals surface area contributed by atoms with Crippen LogP contribution in [0, 0.1) is 11.8 Å². The molecule has 1 aromatic rings. The van der Waals surface area contributed by atoms with Gasteiger partial charge in [-0.2, -0.15) is 0 Å². The number of nitrogens with one attached hydrogen (secondary N) is 1. The number of allylic oxidation sites excluding steroid dienone is 4. The van der Waals surface area contributed by atoms with Gasteiger partial charge in [0.05, 0.1) is 11.7 Å². The van der Waals surface area contributed by atoms with E-state index in [0.717, 1.165) is 45.1 Å². The van der Waals surface area contributed by atoms with Crippen molar-refractivity contribution < 1.29 is 9.53 Å². The van der Waals surface area contributed by atoms with Crippen LogP contribution in [0.5, 0.6) is 0 Å². The first-order chi connectivity index (χ1) is 15.6. The standard InChI is InChI=1S/C28H38N2O2/c1-4-5-22-20(14-17-31)8-11-23-25-12-13-26-28(25,32-26)18-24(27(22)23)19-6-9-21(10-7-19)30(3)16-15-29-2/h6-7,9-10,14,17,23-26,29H,4-5,8,11-13,15-16,18H2,1-3H3/b20-14-. The van der Waals surface area contributed by atoms with E-state index in [4.69, 9.17) is 4.74 Å². The number of nitrogens with zero attached hydrogens (tertiary/aromatic N) is 1. The van der Waals surface area contributed by atoms with Crippen LogP contribution in [-0.2, 0) is 9.53 Å². The molecule has 4 nitrogen and oxygen atoms in total. The van der Waals surface area contributed by atoms with Crippen molar-refractivity contribution in [3.05, 3.63) is 52.6 Å². The molecule has 5 rings (SSSR count). The van der Waals surface area contributed by atoms with Crippen LogP contribution in [0.3, 0.4) is 0 Å². The molecule has 0 bridgehead atoms. The zero-order chi connectivity index (χ0) is 22.3. The Labute approximate surface area is 193 Å². The molecule has 4 aliphatic rings. The summed E-state index contributed by atoms with van der Waals surface area (Å²) >= 11 is 0. The lowest BCUT2D eigenvalue weighted by atomic mass is 9.58. The molecular weight excluding hydrogens is 396 g/mol. The summed E-state index contributed by atoms with van der Waals surface area (Å²) in [5.74, 6) is 1.70. The molecule has 1 heterocycles. The molecule has 0 radical (unpaired) electrons. The van der Waals surface area contributed by atoms with E-state index >= 15 is 0 Å². The second kappa shape index (κ2) is 8.79. The average Bonchev–Trinajstić information content (AvgIpc) is 3.38. The van der Waals surface area contributed by atoms with Crippen molar-refractivity contribution in [3.8, 4) is 0 Å². The minimum Gasteiger partial charge on any atom is -0.373 e. The lowest BCUT2D eigenvalue weighted by Gasteiger charge is -2.46. The highest BCUT2D eigenvalue weighted by Gasteiger charge is 2.69. The van der Waals surface area contributed by atoms with Crippen molar-refractivity contribution >= 4 is 12.0 Å². The molecule has 1 aromatic carbocycles. The predicted molar refractivity (Wildman–Crippen MR) is 130 cm³/mol. The van der Waals surface area contributed by atoms with E-state index < -0.39 is 0 Å². The normalized spacial score (nSPS) is 34.2. The summed E-state index contributed by atoms with van der Waals surface area (Å²) in [5, 5.41) is 3.23. The Hall–Kier alpha value is -1.91. The number of epoxide rings is 1. The van der Waals surface area contributed by atoms with Crippen LogP contribution in [0.25, 0.3) is 0 Å². The van der Waals surface area contributed by atoms with Gasteiger partial charge in [-0.05, 0) is 92.3 Å². The van der Waals surface area contributed by atoms with Crippen molar-refractivity contribution in [2.75, 3.05) is 32.1 Å². The largest absolute Gasteiger partial charge is 0.373 e. The molecule has 1 spiro atoms. The minimum absolute atomic E-state index is 0.129. The van der Waals surface area contributed by atoms with E-state index in [9.17, 15) is 4.79 Å². The second-order valence-electron chi connectivity index (χ2n) is 10.3. The fourth-order valence-electron chi connectivity index (χ4n) is 7.14. The van der Waals surface area contributed by atoms with Gasteiger partial charge >= 0.3 is 0 Å². The molecule has 5 unspecified atom stereocenters. The van der Waals surface area contributed by atoms with Crippen LogP contribution in [0.1, 0.15) is 63.4 Å². The molecule has 0 aromatic heterocycles. The Morgan fingerprint density at radius 3 is 2.72 bits per heavy atom. The molecule has 0 amide bonds. The maximum Gasteiger partial charge on any atom is 0.143 e. The molecule has 1 saturated heterocycles. The Morgan fingerprint density at radius 2 is 2.03 bits per heavy atom. The average molecular weight is 435 g/mol. The van der Waals surface area contributed by atoms with E-state index in [0.29, 0.717) is 23.9 Å². The summed E-state index contributed by atoms with van der Waals surface area (Å²) in [5.41, 5.74) is 7.25. The number of likely N-dealkylation sites (N-methyl/N-ethyl adjacent to an activating group) is 2. The summed E-state index contributed by atoms with van der Waals surface area (Å²) in [6.07, 6.45) is 11.4. The predicted octanol–water partition coefficient (Wildman–Crippen LogP) is 5.01. The molecule has 1 aliphatic heterocycles. The third kappa shape index (κ3) is 3.56. The van der Waals surface area contributed by atoms with Crippen LogP contribution in [0.4, 0.5) is 5.69 Å². The number of aldehydes is 1. The summed E-state index contributed by atoms with van der Waals surface area (Å²) in [7, 11) is 4.16. The van der Waals surface area contributed by atoms with Gasteiger partial charge in [-0.3, -0.25) is 4.79 Å².